The molecule has 0 amide bonds. The molecule has 0 radical (unpaired) electrons. The molecule has 1 fully saturated rings. The van der Waals surface area contributed by atoms with E-state index in [1.54, 1.807) is 0 Å². The van der Waals surface area contributed by atoms with Crippen LogP contribution in [0.15, 0.2) is 35.1 Å². The zero-order chi connectivity index (χ0) is 16.0. The molecule has 2 aromatic rings. The minimum Gasteiger partial charge on any atom is -0.320 e. The third-order valence-electron chi connectivity index (χ3n) is 5.33. The van der Waals surface area contributed by atoms with Crippen molar-refractivity contribution in [3.8, 4) is 0 Å². The van der Waals surface area contributed by atoms with Gasteiger partial charge in [-0.05, 0) is 74.3 Å². The molecule has 0 bridgehead atoms. The quantitative estimate of drug-likeness (QED) is 0.944. The number of hydrogen-bond donors (Lipinski definition) is 1. The summed E-state index contributed by atoms with van der Waals surface area (Å²) < 4.78 is 1.94. The average molecular weight is 308 g/mol. The summed E-state index contributed by atoms with van der Waals surface area (Å²) in [5, 5.41) is 0. The summed E-state index contributed by atoms with van der Waals surface area (Å²) in [6.07, 6.45) is 7.06. The summed E-state index contributed by atoms with van der Waals surface area (Å²) in [7, 11) is 0. The normalized spacial score (nSPS) is 18.5. The number of nitrogens with two attached hydrogens (primary N) is 1. The van der Waals surface area contributed by atoms with Gasteiger partial charge in [0.2, 0.25) is 0 Å². The minimum atomic E-state index is -0.333. The number of pyridine rings is 1. The zero-order valence-corrected chi connectivity index (χ0v) is 13.7. The van der Waals surface area contributed by atoms with Gasteiger partial charge < -0.3 is 10.3 Å². The van der Waals surface area contributed by atoms with E-state index in [1.165, 1.54) is 30.4 Å². The Kier molecular flexibility index (Phi) is 3.61. The third-order valence-corrected chi connectivity index (χ3v) is 5.33. The molecule has 0 saturated heterocycles. The number of hydrogen-bond acceptors (Lipinski definition) is 2. The Morgan fingerprint density at radius 1 is 1.09 bits per heavy atom. The van der Waals surface area contributed by atoms with Gasteiger partial charge in [0, 0.05) is 17.3 Å². The summed E-state index contributed by atoms with van der Waals surface area (Å²) >= 11 is 0. The van der Waals surface area contributed by atoms with Crippen LogP contribution < -0.4 is 11.3 Å². The number of benzene rings is 1. The molecule has 1 saturated carbocycles. The summed E-state index contributed by atoms with van der Waals surface area (Å²) in [5.41, 5.74) is 12.3. The molecule has 3 heteroatoms. The van der Waals surface area contributed by atoms with Crippen molar-refractivity contribution in [2.24, 2.45) is 5.73 Å². The molecule has 2 aliphatic carbocycles. The second-order valence-electron chi connectivity index (χ2n) is 7.05. The van der Waals surface area contributed by atoms with Crippen LogP contribution in [0.25, 0.3) is 0 Å². The Balaban J connectivity index is 1.73. The van der Waals surface area contributed by atoms with E-state index >= 15 is 0 Å². The molecule has 1 atom stereocenters. The van der Waals surface area contributed by atoms with Crippen molar-refractivity contribution in [3.63, 3.8) is 0 Å². The number of nitrogens with zero attached hydrogens (tertiary/aromatic N) is 1. The molecule has 0 spiro atoms. The fraction of sp³-hybridized carbons (Fsp3) is 0.450. The first-order chi connectivity index (χ1) is 11.1. The van der Waals surface area contributed by atoms with Crippen LogP contribution >= 0.6 is 0 Å². The summed E-state index contributed by atoms with van der Waals surface area (Å²) in [5.74, 6) is 0. The van der Waals surface area contributed by atoms with E-state index in [1.807, 2.05) is 23.6 Å². The van der Waals surface area contributed by atoms with Gasteiger partial charge in [-0.2, -0.15) is 0 Å². The standard InChI is InChI=1S/C20H24N2O/c1-13-6-11-18(20(23)22(13)17-9-10-17)19(21)16-8-7-14-4-2-3-5-15(14)12-16/h6-8,11-12,17,19H,2-5,9-10,21H2,1H3. The van der Waals surface area contributed by atoms with Crippen LogP contribution in [0.5, 0.6) is 0 Å². The second kappa shape index (κ2) is 5.64. The molecule has 1 unspecified atom stereocenters. The highest BCUT2D eigenvalue weighted by molar-refractivity contribution is 5.39. The summed E-state index contributed by atoms with van der Waals surface area (Å²) in [6.45, 7) is 2.01. The third kappa shape index (κ3) is 2.63. The molecule has 1 aromatic carbocycles. The van der Waals surface area contributed by atoms with Gasteiger partial charge in [0.25, 0.3) is 5.56 Å². The van der Waals surface area contributed by atoms with Gasteiger partial charge in [-0.25, -0.2) is 0 Å². The lowest BCUT2D eigenvalue weighted by molar-refractivity contribution is 0.660. The number of rotatable bonds is 3. The van der Waals surface area contributed by atoms with Crippen LogP contribution in [0.4, 0.5) is 0 Å². The number of aryl methyl sites for hydroxylation is 3. The van der Waals surface area contributed by atoms with E-state index in [4.69, 9.17) is 5.73 Å². The Hall–Kier alpha value is -1.87. The fourth-order valence-corrected chi connectivity index (χ4v) is 3.81. The van der Waals surface area contributed by atoms with Crippen LogP contribution in [0.1, 0.15) is 65.7 Å². The maximum Gasteiger partial charge on any atom is 0.256 e. The van der Waals surface area contributed by atoms with E-state index in [-0.39, 0.29) is 11.6 Å². The maximum atomic E-state index is 12.9. The van der Waals surface area contributed by atoms with Gasteiger partial charge in [-0.3, -0.25) is 4.79 Å². The van der Waals surface area contributed by atoms with Crippen molar-refractivity contribution in [2.75, 3.05) is 0 Å². The van der Waals surface area contributed by atoms with E-state index < -0.39 is 0 Å². The highest BCUT2D eigenvalue weighted by atomic mass is 16.1. The van der Waals surface area contributed by atoms with E-state index in [2.05, 4.69) is 18.2 Å². The molecule has 1 heterocycles. The molecule has 4 rings (SSSR count). The Labute approximate surface area is 137 Å². The summed E-state index contributed by atoms with van der Waals surface area (Å²) in [4.78, 5) is 12.9. The smallest absolute Gasteiger partial charge is 0.256 e. The topological polar surface area (TPSA) is 48.0 Å². The van der Waals surface area contributed by atoms with Crippen LogP contribution in [-0.2, 0) is 12.8 Å². The van der Waals surface area contributed by atoms with Gasteiger partial charge >= 0.3 is 0 Å². The van der Waals surface area contributed by atoms with Gasteiger partial charge in [0.15, 0.2) is 0 Å². The molecule has 2 N–H and O–H groups in total. The highest BCUT2D eigenvalue weighted by Crippen LogP contribution is 2.35. The van der Waals surface area contributed by atoms with Gasteiger partial charge in [0.1, 0.15) is 0 Å². The van der Waals surface area contributed by atoms with Crippen molar-refractivity contribution in [3.05, 3.63) is 68.6 Å². The Morgan fingerprint density at radius 3 is 2.57 bits per heavy atom. The first kappa shape index (κ1) is 14.7. The largest absolute Gasteiger partial charge is 0.320 e. The predicted molar refractivity (Wildman–Crippen MR) is 92.8 cm³/mol. The lowest BCUT2D eigenvalue weighted by Crippen LogP contribution is -2.29. The average Bonchev–Trinajstić information content (AvgIpc) is 3.39. The van der Waals surface area contributed by atoms with Crippen molar-refractivity contribution in [1.29, 1.82) is 0 Å². The van der Waals surface area contributed by atoms with Crippen molar-refractivity contribution in [1.82, 2.24) is 4.57 Å². The lowest BCUT2D eigenvalue weighted by atomic mass is 9.88. The van der Waals surface area contributed by atoms with Gasteiger partial charge in [0.05, 0.1) is 6.04 Å². The first-order valence-electron chi connectivity index (χ1n) is 8.74. The SMILES string of the molecule is Cc1ccc(C(N)c2ccc3c(c2)CCCC3)c(=O)n1C1CC1. The van der Waals surface area contributed by atoms with Crippen molar-refractivity contribution < 1.29 is 0 Å². The van der Waals surface area contributed by atoms with Crippen molar-refractivity contribution >= 4 is 0 Å². The molecule has 23 heavy (non-hydrogen) atoms. The van der Waals surface area contributed by atoms with E-state index in [0.29, 0.717) is 6.04 Å². The zero-order valence-electron chi connectivity index (χ0n) is 13.7. The molecular weight excluding hydrogens is 284 g/mol. The van der Waals surface area contributed by atoms with E-state index in [0.717, 1.165) is 36.1 Å². The Bertz CT molecular complexity index is 802. The molecule has 2 aliphatic rings. The monoisotopic (exact) mass is 308 g/mol. The van der Waals surface area contributed by atoms with Crippen LogP contribution in [0, 0.1) is 6.92 Å². The number of aromatic nitrogens is 1. The molecular formula is C20H24N2O. The summed E-state index contributed by atoms with van der Waals surface area (Å²) in [6, 6.07) is 10.5. The highest BCUT2D eigenvalue weighted by Gasteiger charge is 2.27. The van der Waals surface area contributed by atoms with Crippen molar-refractivity contribution in [2.45, 2.75) is 57.5 Å². The number of fused-ring (bicyclic) bond motifs is 1. The fourth-order valence-electron chi connectivity index (χ4n) is 3.81. The minimum absolute atomic E-state index is 0.0951. The first-order valence-corrected chi connectivity index (χ1v) is 8.74. The van der Waals surface area contributed by atoms with Crippen LogP contribution in [0.2, 0.25) is 0 Å². The molecule has 1 aromatic heterocycles. The van der Waals surface area contributed by atoms with Gasteiger partial charge in [-0.1, -0.05) is 18.2 Å². The maximum absolute atomic E-state index is 12.9. The van der Waals surface area contributed by atoms with Crippen LogP contribution in [0.3, 0.4) is 0 Å². The predicted octanol–water partition coefficient (Wildman–Crippen LogP) is 3.42. The van der Waals surface area contributed by atoms with E-state index in [9.17, 15) is 4.79 Å². The molecule has 0 aliphatic heterocycles. The van der Waals surface area contributed by atoms with Gasteiger partial charge in [-0.15, -0.1) is 0 Å². The molecule has 120 valence electrons. The van der Waals surface area contributed by atoms with Crippen LogP contribution in [-0.4, -0.2) is 4.57 Å². The molecule has 3 nitrogen and oxygen atoms in total. The second-order valence-corrected chi connectivity index (χ2v) is 7.05. The lowest BCUT2D eigenvalue weighted by Gasteiger charge is -2.20. The Morgan fingerprint density at radius 2 is 1.83 bits per heavy atom.